The number of H-pyrrole nitrogens is 1. The predicted molar refractivity (Wildman–Crippen MR) is 82.6 cm³/mol. The average molecular weight is 332 g/mol. The lowest BCUT2D eigenvalue weighted by Crippen LogP contribution is -2.22. The zero-order chi connectivity index (χ0) is 16.7. The molecule has 0 saturated heterocycles. The Labute approximate surface area is 133 Å². The molecule has 0 aliphatic heterocycles. The highest BCUT2D eigenvalue weighted by Crippen LogP contribution is 2.24. The molecule has 9 heteroatoms. The number of aromatic nitrogens is 5. The average Bonchev–Trinajstić information content (AvgIpc) is 3.17. The van der Waals surface area contributed by atoms with Crippen molar-refractivity contribution < 1.29 is 13.2 Å². The van der Waals surface area contributed by atoms with Gasteiger partial charge in [0.05, 0.1) is 23.6 Å². The molecule has 1 aromatic carbocycles. The van der Waals surface area contributed by atoms with Gasteiger partial charge in [-0.15, -0.1) is 5.10 Å². The number of fused-ring (bicyclic) bond motifs is 2. The van der Waals surface area contributed by atoms with Crippen LogP contribution in [0.2, 0.25) is 0 Å². The first-order valence-electron chi connectivity index (χ1n) is 7.08. The van der Waals surface area contributed by atoms with Crippen LogP contribution in [0.3, 0.4) is 0 Å². The summed E-state index contributed by atoms with van der Waals surface area (Å²) >= 11 is 0. The molecule has 0 fully saturated rings. The second kappa shape index (κ2) is 5.22. The number of benzene rings is 1. The first-order chi connectivity index (χ1) is 11.5. The maximum Gasteiger partial charge on any atom is 0.405 e. The largest absolute Gasteiger partial charge is 0.405 e. The maximum atomic E-state index is 12.3. The van der Waals surface area contributed by atoms with Gasteiger partial charge in [0.2, 0.25) is 0 Å². The highest BCUT2D eigenvalue weighted by Gasteiger charge is 2.26. The van der Waals surface area contributed by atoms with E-state index in [1.54, 1.807) is 18.5 Å². The van der Waals surface area contributed by atoms with Gasteiger partial charge in [-0.3, -0.25) is 5.10 Å². The summed E-state index contributed by atoms with van der Waals surface area (Å²) in [4.78, 5) is 4.24. The summed E-state index contributed by atoms with van der Waals surface area (Å²) in [5.74, 6) is 0.128. The number of imidazole rings is 1. The van der Waals surface area contributed by atoms with Crippen LogP contribution >= 0.6 is 0 Å². The molecule has 3 aromatic heterocycles. The second-order valence-corrected chi connectivity index (χ2v) is 5.27. The normalized spacial score (nSPS) is 12.1. The van der Waals surface area contributed by atoms with Crippen LogP contribution in [0.15, 0.2) is 42.7 Å². The summed E-state index contributed by atoms with van der Waals surface area (Å²) in [6.45, 7) is -1.14. The molecule has 0 atom stereocenters. The van der Waals surface area contributed by atoms with E-state index in [9.17, 15) is 13.2 Å². The number of alkyl halides is 3. The van der Waals surface area contributed by atoms with Crippen molar-refractivity contribution in [2.24, 2.45) is 0 Å². The molecular formula is C15H11F3N6. The summed E-state index contributed by atoms with van der Waals surface area (Å²) in [5, 5.41) is 14.2. The fourth-order valence-electron chi connectivity index (χ4n) is 2.46. The molecule has 0 saturated carbocycles. The Morgan fingerprint density at radius 3 is 2.83 bits per heavy atom. The Bertz CT molecular complexity index is 1020. The molecule has 0 unspecified atom stereocenters. The van der Waals surface area contributed by atoms with Crippen molar-refractivity contribution in [2.45, 2.75) is 6.18 Å². The van der Waals surface area contributed by atoms with Crippen LogP contribution in [-0.4, -0.2) is 37.5 Å². The van der Waals surface area contributed by atoms with Crippen LogP contribution in [0.5, 0.6) is 0 Å². The zero-order valence-corrected chi connectivity index (χ0v) is 12.2. The third kappa shape index (κ3) is 2.64. The van der Waals surface area contributed by atoms with Crippen LogP contribution < -0.4 is 5.32 Å². The molecule has 4 aromatic rings. The van der Waals surface area contributed by atoms with Crippen molar-refractivity contribution in [1.29, 1.82) is 0 Å². The standard InChI is InChI=1S/C15H11F3N6/c16-15(17,18)8-20-13-3-4-14-19-7-12(24(14)23-13)9-1-2-11-10(5-9)6-21-22-11/h1-7H,8H2,(H,20,23)(H,21,22). The Morgan fingerprint density at radius 1 is 1.12 bits per heavy atom. The number of nitrogens with zero attached hydrogens (tertiary/aromatic N) is 4. The third-order valence-electron chi connectivity index (χ3n) is 3.57. The molecule has 2 N–H and O–H groups in total. The molecule has 0 spiro atoms. The van der Waals surface area contributed by atoms with E-state index in [0.717, 1.165) is 16.5 Å². The van der Waals surface area contributed by atoms with Crippen molar-refractivity contribution in [1.82, 2.24) is 24.8 Å². The monoisotopic (exact) mass is 332 g/mol. The van der Waals surface area contributed by atoms with E-state index in [0.29, 0.717) is 11.3 Å². The molecular weight excluding hydrogens is 321 g/mol. The van der Waals surface area contributed by atoms with Gasteiger partial charge in [-0.05, 0) is 24.3 Å². The van der Waals surface area contributed by atoms with Crippen LogP contribution in [0.4, 0.5) is 19.0 Å². The number of hydrogen-bond acceptors (Lipinski definition) is 4. The van der Waals surface area contributed by atoms with Crippen LogP contribution in [-0.2, 0) is 0 Å². The minimum Gasteiger partial charge on any atom is -0.360 e. The smallest absolute Gasteiger partial charge is 0.360 e. The molecule has 0 aliphatic rings. The Hall–Kier alpha value is -3.10. The van der Waals surface area contributed by atoms with Crippen LogP contribution in [0, 0.1) is 0 Å². The van der Waals surface area contributed by atoms with Gasteiger partial charge in [-0.2, -0.15) is 18.3 Å². The zero-order valence-electron chi connectivity index (χ0n) is 12.2. The summed E-state index contributed by atoms with van der Waals surface area (Å²) < 4.78 is 38.5. The van der Waals surface area contributed by atoms with Gasteiger partial charge in [0.25, 0.3) is 0 Å². The van der Waals surface area contributed by atoms with Crippen LogP contribution in [0.1, 0.15) is 0 Å². The number of hydrogen-bond donors (Lipinski definition) is 2. The Kier molecular flexibility index (Phi) is 3.15. The number of nitrogens with one attached hydrogen (secondary N) is 2. The lowest BCUT2D eigenvalue weighted by atomic mass is 10.1. The number of rotatable bonds is 3. The van der Waals surface area contributed by atoms with Gasteiger partial charge in [-0.25, -0.2) is 9.50 Å². The summed E-state index contributed by atoms with van der Waals surface area (Å²) in [5.41, 5.74) is 2.98. The van der Waals surface area contributed by atoms with Gasteiger partial charge >= 0.3 is 6.18 Å². The van der Waals surface area contributed by atoms with Crippen molar-refractivity contribution in [3.63, 3.8) is 0 Å². The topological polar surface area (TPSA) is 70.9 Å². The summed E-state index contributed by atoms with van der Waals surface area (Å²) in [6.07, 6.45) is -0.969. The fraction of sp³-hybridized carbons (Fsp3) is 0.133. The molecule has 0 bridgehead atoms. The predicted octanol–water partition coefficient (Wildman–Crippen LogP) is 3.25. The van der Waals surface area contributed by atoms with E-state index >= 15 is 0 Å². The highest BCUT2D eigenvalue weighted by atomic mass is 19.4. The molecule has 6 nitrogen and oxygen atoms in total. The Balaban J connectivity index is 1.75. The quantitative estimate of drug-likeness (QED) is 0.604. The lowest BCUT2D eigenvalue weighted by molar-refractivity contribution is -0.115. The van der Waals surface area contributed by atoms with E-state index in [1.807, 2.05) is 18.2 Å². The van der Waals surface area contributed by atoms with Crippen molar-refractivity contribution in [3.8, 4) is 11.3 Å². The van der Waals surface area contributed by atoms with Gasteiger partial charge in [0, 0.05) is 10.9 Å². The molecule has 122 valence electrons. The van der Waals surface area contributed by atoms with Gasteiger partial charge in [-0.1, -0.05) is 6.07 Å². The van der Waals surface area contributed by atoms with Crippen molar-refractivity contribution in [2.75, 3.05) is 11.9 Å². The molecule has 0 radical (unpaired) electrons. The maximum absolute atomic E-state index is 12.3. The first kappa shape index (κ1) is 14.5. The molecule has 4 rings (SSSR count). The fourth-order valence-corrected chi connectivity index (χ4v) is 2.46. The second-order valence-electron chi connectivity index (χ2n) is 5.27. The van der Waals surface area contributed by atoms with E-state index < -0.39 is 12.7 Å². The van der Waals surface area contributed by atoms with Gasteiger partial charge in [0.15, 0.2) is 5.65 Å². The number of halogens is 3. The van der Waals surface area contributed by atoms with E-state index in [4.69, 9.17) is 0 Å². The van der Waals surface area contributed by atoms with Gasteiger partial charge in [0.1, 0.15) is 12.4 Å². The minimum absolute atomic E-state index is 0.128. The molecule has 0 amide bonds. The minimum atomic E-state index is -4.30. The van der Waals surface area contributed by atoms with Crippen LogP contribution in [0.25, 0.3) is 27.8 Å². The van der Waals surface area contributed by atoms with Crippen molar-refractivity contribution in [3.05, 3.63) is 42.7 Å². The van der Waals surface area contributed by atoms with Crippen molar-refractivity contribution >= 4 is 22.4 Å². The van der Waals surface area contributed by atoms with E-state index in [2.05, 4.69) is 25.6 Å². The summed E-state index contributed by atoms with van der Waals surface area (Å²) in [7, 11) is 0. The third-order valence-corrected chi connectivity index (χ3v) is 3.57. The lowest BCUT2D eigenvalue weighted by Gasteiger charge is -2.09. The van der Waals surface area contributed by atoms with E-state index in [1.165, 1.54) is 10.6 Å². The SMILES string of the molecule is FC(F)(F)CNc1ccc2ncc(-c3ccc4[nH]ncc4c3)n2n1. The van der Waals surface area contributed by atoms with Gasteiger partial charge < -0.3 is 5.32 Å². The highest BCUT2D eigenvalue weighted by molar-refractivity contribution is 5.83. The number of aromatic amines is 1. The van der Waals surface area contributed by atoms with E-state index in [-0.39, 0.29) is 5.82 Å². The number of anilines is 1. The molecule has 0 aliphatic carbocycles. The molecule has 24 heavy (non-hydrogen) atoms. The Morgan fingerprint density at radius 2 is 2.00 bits per heavy atom. The first-order valence-corrected chi connectivity index (χ1v) is 7.08. The molecule has 3 heterocycles. The summed E-state index contributed by atoms with van der Waals surface area (Å²) in [6, 6.07) is 8.76.